The summed E-state index contributed by atoms with van der Waals surface area (Å²) in [6, 6.07) is 21.3. The third kappa shape index (κ3) is 7.14. The molecular formula is C22H29IN4O. The Morgan fingerprint density at radius 2 is 1.57 bits per heavy atom. The van der Waals surface area contributed by atoms with Crippen LogP contribution in [0.15, 0.2) is 65.7 Å². The van der Waals surface area contributed by atoms with Gasteiger partial charge in [0, 0.05) is 25.0 Å². The molecule has 28 heavy (non-hydrogen) atoms. The van der Waals surface area contributed by atoms with Gasteiger partial charge in [-0.15, -0.1) is 24.0 Å². The fourth-order valence-electron chi connectivity index (χ4n) is 2.99. The van der Waals surface area contributed by atoms with Crippen molar-refractivity contribution in [2.45, 2.75) is 31.7 Å². The minimum absolute atomic E-state index is 0. The largest absolute Gasteiger partial charge is 0.357 e. The molecule has 6 heteroatoms. The molecule has 1 aliphatic carbocycles. The zero-order valence-corrected chi connectivity index (χ0v) is 18.6. The maximum absolute atomic E-state index is 11.9. The second kappa shape index (κ2) is 11.7. The zero-order valence-electron chi connectivity index (χ0n) is 16.2. The Balaban J connectivity index is 0.00000280. The smallest absolute Gasteiger partial charge is 0.242 e. The fourth-order valence-corrected chi connectivity index (χ4v) is 2.99. The molecule has 0 atom stereocenters. The van der Waals surface area contributed by atoms with Crippen LogP contribution in [0.5, 0.6) is 0 Å². The van der Waals surface area contributed by atoms with E-state index in [2.05, 4.69) is 69.5 Å². The van der Waals surface area contributed by atoms with Gasteiger partial charge in [-0.1, -0.05) is 60.7 Å². The van der Waals surface area contributed by atoms with Gasteiger partial charge in [0.2, 0.25) is 5.91 Å². The Labute approximate surface area is 184 Å². The van der Waals surface area contributed by atoms with Gasteiger partial charge in [-0.2, -0.15) is 0 Å². The maximum atomic E-state index is 11.9. The van der Waals surface area contributed by atoms with Gasteiger partial charge >= 0.3 is 0 Å². The number of amides is 1. The number of carbonyl (C=O) groups is 1. The summed E-state index contributed by atoms with van der Waals surface area (Å²) in [5.41, 5.74) is 2.50. The normalized spacial score (nSPS) is 13.6. The van der Waals surface area contributed by atoms with E-state index in [4.69, 9.17) is 0 Å². The zero-order chi connectivity index (χ0) is 18.9. The summed E-state index contributed by atoms with van der Waals surface area (Å²) in [4.78, 5) is 16.3. The molecule has 0 unspecified atom stereocenters. The molecule has 3 rings (SSSR count). The Hall–Kier alpha value is -2.09. The number of guanidine groups is 1. The first-order valence-electron chi connectivity index (χ1n) is 9.67. The molecule has 1 aliphatic rings. The average Bonchev–Trinajstić information content (AvgIpc) is 3.52. The molecular weight excluding hydrogens is 463 g/mol. The summed E-state index contributed by atoms with van der Waals surface area (Å²) in [6.45, 7) is 3.61. The lowest BCUT2D eigenvalue weighted by Gasteiger charge is -2.20. The summed E-state index contributed by atoms with van der Waals surface area (Å²) in [7, 11) is 0. The van der Waals surface area contributed by atoms with E-state index in [1.165, 1.54) is 11.1 Å². The van der Waals surface area contributed by atoms with Crippen LogP contribution in [0, 0.1) is 0 Å². The lowest BCUT2D eigenvalue weighted by molar-refractivity contribution is -0.119. The van der Waals surface area contributed by atoms with Crippen LogP contribution < -0.4 is 16.0 Å². The third-order valence-corrected chi connectivity index (χ3v) is 4.54. The van der Waals surface area contributed by atoms with Gasteiger partial charge in [0.05, 0.1) is 0 Å². The van der Waals surface area contributed by atoms with Crippen molar-refractivity contribution in [1.29, 1.82) is 0 Å². The Morgan fingerprint density at radius 3 is 2.07 bits per heavy atom. The molecule has 5 nitrogen and oxygen atoms in total. The molecule has 0 aliphatic heterocycles. The number of hydrogen-bond donors (Lipinski definition) is 3. The topological polar surface area (TPSA) is 65.5 Å². The Bertz CT molecular complexity index is 708. The van der Waals surface area contributed by atoms with E-state index in [0.717, 1.165) is 19.4 Å². The highest BCUT2D eigenvalue weighted by Crippen LogP contribution is 2.23. The summed E-state index contributed by atoms with van der Waals surface area (Å²) in [5.74, 6) is 0.856. The van der Waals surface area contributed by atoms with Crippen molar-refractivity contribution in [1.82, 2.24) is 16.0 Å². The van der Waals surface area contributed by atoms with Crippen LogP contribution in [0.2, 0.25) is 0 Å². The van der Waals surface area contributed by atoms with Crippen molar-refractivity contribution in [2.24, 2.45) is 4.99 Å². The molecule has 0 heterocycles. The molecule has 3 N–H and O–H groups in total. The van der Waals surface area contributed by atoms with Gasteiger partial charge in [-0.25, -0.2) is 4.99 Å². The quantitative estimate of drug-likeness (QED) is 0.301. The first kappa shape index (κ1) is 22.2. The number of aliphatic imine (C=N–C) groups is 1. The highest BCUT2D eigenvalue weighted by atomic mass is 127. The van der Waals surface area contributed by atoms with Gasteiger partial charge in [-0.05, 0) is 30.9 Å². The summed E-state index contributed by atoms with van der Waals surface area (Å²) in [5, 5.41) is 9.59. The molecule has 0 bridgehead atoms. The molecule has 1 fully saturated rings. The van der Waals surface area contributed by atoms with Crippen molar-refractivity contribution < 1.29 is 4.79 Å². The Kier molecular flexibility index (Phi) is 9.27. The third-order valence-electron chi connectivity index (χ3n) is 4.54. The van der Waals surface area contributed by atoms with E-state index in [0.29, 0.717) is 18.5 Å². The number of carbonyl (C=O) groups excluding carboxylic acids is 1. The van der Waals surface area contributed by atoms with E-state index < -0.39 is 0 Å². The molecule has 2 aromatic carbocycles. The van der Waals surface area contributed by atoms with E-state index in [1.54, 1.807) is 0 Å². The minimum atomic E-state index is -0.0163. The van der Waals surface area contributed by atoms with Gasteiger partial charge in [0.15, 0.2) is 5.96 Å². The molecule has 2 aromatic rings. The van der Waals surface area contributed by atoms with Crippen molar-refractivity contribution in [3.8, 4) is 0 Å². The lowest BCUT2D eigenvalue weighted by atomic mass is 9.91. The van der Waals surface area contributed by atoms with Crippen LogP contribution in [-0.4, -0.2) is 37.5 Å². The van der Waals surface area contributed by atoms with Crippen LogP contribution in [-0.2, 0) is 4.79 Å². The standard InChI is InChI=1S/C22H28N4O.HI/c1-2-23-22(25-16-21(27)26-19-13-14-19)24-15-20(17-9-5-3-6-10-17)18-11-7-4-8-12-18;/h3-12,19-20H,2,13-16H2,1H3,(H,26,27)(H2,23,24,25);1H. The van der Waals surface area contributed by atoms with E-state index in [-0.39, 0.29) is 42.3 Å². The minimum Gasteiger partial charge on any atom is -0.357 e. The number of rotatable bonds is 8. The van der Waals surface area contributed by atoms with Crippen molar-refractivity contribution in [3.63, 3.8) is 0 Å². The van der Waals surface area contributed by atoms with E-state index >= 15 is 0 Å². The van der Waals surface area contributed by atoms with Gasteiger partial charge < -0.3 is 16.0 Å². The number of hydrogen-bond acceptors (Lipinski definition) is 2. The summed E-state index contributed by atoms with van der Waals surface area (Å²) in [6.07, 6.45) is 2.17. The molecule has 1 saturated carbocycles. The molecule has 150 valence electrons. The molecule has 0 radical (unpaired) electrons. The maximum Gasteiger partial charge on any atom is 0.242 e. The number of nitrogens with one attached hydrogen (secondary N) is 3. The highest BCUT2D eigenvalue weighted by Gasteiger charge is 2.23. The predicted octanol–water partition coefficient (Wildman–Crippen LogP) is 3.27. The average molecular weight is 492 g/mol. The van der Waals surface area contributed by atoms with Gasteiger partial charge in [-0.3, -0.25) is 4.79 Å². The first-order valence-corrected chi connectivity index (χ1v) is 9.67. The molecule has 0 saturated heterocycles. The summed E-state index contributed by atoms with van der Waals surface area (Å²) >= 11 is 0. The number of halogens is 1. The van der Waals surface area contributed by atoms with E-state index in [1.807, 2.05) is 19.1 Å². The van der Waals surface area contributed by atoms with Crippen LogP contribution in [0.1, 0.15) is 36.8 Å². The number of nitrogens with zero attached hydrogens (tertiary/aromatic N) is 1. The molecule has 1 amide bonds. The summed E-state index contributed by atoms with van der Waals surface area (Å²) < 4.78 is 0. The first-order chi connectivity index (χ1) is 13.3. The van der Waals surface area contributed by atoms with Crippen LogP contribution >= 0.6 is 24.0 Å². The fraction of sp³-hybridized carbons (Fsp3) is 0.364. The highest BCUT2D eigenvalue weighted by molar-refractivity contribution is 14.0. The van der Waals surface area contributed by atoms with Crippen LogP contribution in [0.3, 0.4) is 0 Å². The van der Waals surface area contributed by atoms with E-state index in [9.17, 15) is 4.79 Å². The molecule has 0 spiro atoms. The lowest BCUT2D eigenvalue weighted by Crippen LogP contribution is -2.40. The van der Waals surface area contributed by atoms with Crippen LogP contribution in [0.4, 0.5) is 0 Å². The molecule has 0 aromatic heterocycles. The van der Waals surface area contributed by atoms with Gasteiger partial charge in [0.1, 0.15) is 6.54 Å². The van der Waals surface area contributed by atoms with Crippen molar-refractivity contribution in [2.75, 3.05) is 19.6 Å². The number of benzene rings is 2. The second-order valence-corrected chi connectivity index (χ2v) is 6.79. The second-order valence-electron chi connectivity index (χ2n) is 6.79. The van der Waals surface area contributed by atoms with Crippen molar-refractivity contribution >= 4 is 35.8 Å². The van der Waals surface area contributed by atoms with Crippen LogP contribution in [0.25, 0.3) is 0 Å². The monoisotopic (exact) mass is 492 g/mol. The predicted molar refractivity (Wildman–Crippen MR) is 125 cm³/mol. The van der Waals surface area contributed by atoms with Crippen molar-refractivity contribution in [3.05, 3.63) is 71.8 Å². The van der Waals surface area contributed by atoms with Gasteiger partial charge in [0.25, 0.3) is 0 Å². The Morgan fingerprint density at radius 1 is 1.00 bits per heavy atom. The SMILES string of the molecule is CCNC(=NCC(=O)NC1CC1)NCC(c1ccccc1)c1ccccc1.I.